The number of hydrogen-bond donors (Lipinski definition) is 0. The van der Waals surface area contributed by atoms with Gasteiger partial charge < -0.3 is 14.3 Å². The Labute approximate surface area is 142 Å². The first-order valence-corrected chi connectivity index (χ1v) is 9.02. The highest BCUT2D eigenvalue weighted by atomic mass is 16.5. The zero-order chi connectivity index (χ0) is 16.9. The lowest BCUT2D eigenvalue weighted by molar-refractivity contribution is -0.145. The number of amides is 2. The summed E-state index contributed by atoms with van der Waals surface area (Å²) in [6.45, 7) is 6.54. The Morgan fingerprint density at radius 3 is 2.75 bits per heavy atom. The van der Waals surface area contributed by atoms with Crippen LogP contribution in [-0.2, 0) is 4.79 Å². The molecule has 1 spiro atoms. The maximum absolute atomic E-state index is 13.1. The number of carbonyl (C=O) groups is 2. The van der Waals surface area contributed by atoms with Crippen LogP contribution in [0.3, 0.4) is 0 Å². The van der Waals surface area contributed by atoms with E-state index in [0.29, 0.717) is 36.0 Å². The fourth-order valence-electron chi connectivity index (χ4n) is 4.31. The monoisotopic (exact) mass is 331 g/mol. The van der Waals surface area contributed by atoms with Crippen molar-refractivity contribution in [1.29, 1.82) is 0 Å². The molecule has 0 radical (unpaired) electrons. The van der Waals surface area contributed by atoms with Crippen LogP contribution in [0.25, 0.3) is 0 Å². The summed E-state index contributed by atoms with van der Waals surface area (Å²) in [5.74, 6) is 1.50. The molecule has 3 aliphatic rings. The summed E-state index contributed by atoms with van der Waals surface area (Å²) in [6.07, 6.45) is 5.24. The minimum Gasteiger partial charge on any atom is -0.361 e. The summed E-state index contributed by atoms with van der Waals surface area (Å²) in [5.41, 5.74) is 0.829. The molecule has 4 rings (SSSR count). The van der Waals surface area contributed by atoms with Gasteiger partial charge in [0.2, 0.25) is 5.91 Å². The molecule has 1 aliphatic carbocycles. The van der Waals surface area contributed by atoms with E-state index in [-0.39, 0.29) is 17.2 Å². The fourth-order valence-corrected chi connectivity index (χ4v) is 4.31. The Balaban J connectivity index is 1.50. The van der Waals surface area contributed by atoms with Crippen molar-refractivity contribution in [2.24, 2.45) is 11.3 Å². The number of nitrogens with zero attached hydrogens (tertiary/aromatic N) is 3. The maximum atomic E-state index is 13.1. The lowest BCUT2D eigenvalue weighted by Gasteiger charge is -2.39. The number of hydrogen-bond acceptors (Lipinski definition) is 4. The average molecular weight is 331 g/mol. The van der Waals surface area contributed by atoms with E-state index >= 15 is 0 Å². The zero-order valence-corrected chi connectivity index (χ0v) is 14.5. The summed E-state index contributed by atoms with van der Waals surface area (Å²) in [6, 6.07) is 0. The van der Waals surface area contributed by atoms with Gasteiger partial charge in [-0.15, -0.1) is 0 Å². The van der Waals surface area contributed by atoms with E-state index in [4.69, 9.17) is 4.52 Å². The molecule has 0 unspecified atom stereocenters. The number of aryl methyl sites for hydroxylation is 2. The Kier molecular flexibility index (Phi) is 3.66. The van der Waals surface area contributed by atoms with Crippen molar-refractivity contribution in [3.63, 3.8) is 0 Å². The van der Waals surface area contributed by atoms with Gasteiger partial charge in [0.25, 0.3) is 5.91 Å². The molecule has 1 saturated carbocycles. The Morgan fingerprint density at radius 1 is 1.29 bits per heavy atom. The first kappa shape index (κ1) is 15.7. The first-order chi connectivity index (χ1) is 11.5. The van der Waals surface area contributed by atoms with Gasteiger partial charge >= 0.3 is 0 Å². The molecular formula is C18H25N3O3. The molecule has 3 fully saturated rings. The van der Waals surface area contributed by atoms with Crippen molar-refractivity contribution in [2.75, 3.05) is 26.2 Å². The van der Waals surface area contributed by atoms with Gasteiger partial charge in [-0.1, -0.05) is 5.16 Å². The summed E-state index contributed by atoms with van der Waals surface area (Å²) in [4.78, 5) is 29.8. The van der Waals surface area contributed by atoms with Crippen molar-refractivity contribution >= 4 is 11.8 Å². The third-order valence-electron chi connectivity index (χ3n) is 5.89. The molecule has 0 bridgehead atoms. The van der Waals surface area contributed by atoms with Gasteiger partial charge in [-0.3, -0.25) is 9.59 Å². The highest BCUT2D eigenvalue weighted by Gasteiger charge is 2.50. The first-order valence-electron chi connectivity index (χ1n) is 9.02. The van der Waals surface area contributed by atoms with Crippen LogP contribution in [0, 0.1) is 25.2 Å². The van der Waals surface area contributed by atoms with Gasteiger partial charge in [0.15, 0.2) is 0 Å². The van der Waals surface area contributed by atoms with Gasteiger partial charge in [-0.05, 0) is 51.9 Å². The highest BCUT2D eigenvalue weighted by molar-refractivity contribution is 5.97. The molecule has 1 aromatic rings. The number of likely N-dealkylation sites (tertiary alicyclic amines) is 2. The molecule has 2 saturated heterocycles. The van der Waals surface area contributed by atoms with Crippen LogP contribution in [-0.4, -0.2) is 52.9 Å². The minimum atomic E-state index is -0.359. The Morgan fingerprint density at radius 2 is 2.08 bits per heavy atom. The van der Waals surface area contributed by atoms with Crippen molar-refractivity contribution in [1.82, 2.24) is 15.0 Å². The second kappa shape index (κ2) is 5.60. The van der Waals surface area contributed by atoms with Crippen LogP contribution < -0.4 is 0 Å². The fraction of sp³-hybridized carbons (Fsp3) is 0.722. The van der Waals surface area contributed by atoms with E-state index < -0.39 is 0 Å². The summed E-state index contributed by atoms with van der Waals surface area (Å²) in [7, 11) is 0. The predicted molar refractivity (Wildman–Crippen MR) is 87.5 cm³/mol. The molecule has 24 heavy (non-hydrogen) atoms. The van der Waals surface area contributed by atoms with Crippen molar-refractivity contribution < 1.29 is 14.1 Å². The van der Waals surface area contributed by atoms with Gasteiger partial charge in [0.1, 0.15) is 11.3 Å². The standard InChI is InChI=1S/C18H25N3O3/c1-12-15(13(2)24-19-12)16(22)21-9-7-18(11-21)6-3-8-20(17(18)23)10-14-4-5-14/h14H,3-11H2,1-2H3/t18-/m0/s1. The molecule has 2 amide bonds. The highest BCUT2D eigenvalue weighted by Crippen LogP contribution is 2.42. The van der Waals surface area contributed by atoms with E-state index in [1.807, 2.05) is 4.90 Å². The van der Waals surface area contributed by atoms with Crippen LogP contribution in [0.2, 0.25) is 0 Å². The molecule has 130 valence electrons. The number of aromatic nitrogens is 1. The van der Waals surface area contributed by atoms with Crippen LogP contribution in [0.5, 0.6) is 0 Å². The molecule has 1 atom stereocenters. The van der Waals surface area contributed by atoms with Gasteiger partial charge in [-0.2, -0.15) is 0 Å². The smallest absolute Gasteiger partial charge is 0.259 e. The van der Waals surface area contributed by atoms with Gasteiger partial charge in [-0.25, -0.2) is 0 Å². The van der Waals surface area contributed by atoms with Gasteiger partial charge in [0, 0.05) is 26.2 Å². The second-order valence-electron chi connectivity index (χ2n) is 7.75. The molecule has 2 aliphatic heterocycles. The number of piperidine rings is 1. The summed E-state index contributed by atoms with van der Waals surface area (Å²) in [5, 5.41) is 3.88. The molecular weight excluding hydrogens is 306 g/mol. The third-order valence-corrected chi connectivity index (χ3v) is 5.89. The lowest BCUT2D eigenvalue weighted by Crippen LogP contribution is -2.51. The molecule has 6 nitrogen and oxygen atoms in total. The molecule has 3 heterocycles. The van der Waals surface area contributed by atoms with E-state index in [1.54, 1.807) is 13.8 Å². The zero-order valence-electron chi connectivity index (χ0n) is 14.5. The molecule has 1 aromatic heterocycles. The Hall–Kier alpha value is -1.85. The van der Waals surface area contributed by atoms with E-state index in [0.717, 1.165) is 32.4 Å². The van der Waals surface area contributed by atoms with E-state index in [9.17, 15) is 9.59 Å². The third kappa shape index (κ3) is 2.52. The maximum Gasteiger partial charge on any atom is 0.259 e. The average Bonchev–Trinajstić information content (AvgIpc) is 3.17. The van der Waals surface area contributed by atoms with Gasteiger partial charge in [0.05, 0.1) is 11.1 Å². The molecule has 0 N–H and O–H groups in total. The normalized spacial score (nSPS) is 27.3. The largest absolute Gasteiger partial charge is 0.361 e. The molecule has 6 heteroatoms. The minimum absolute atomic E-state index is 0.0461. The van der Waals surface area contributed by atoms with Crippen LogP contribution in [0.1, 0.15) is 53.9 Å². The van der Waals surface area contributed by atoms with Crippen molar-refractivity contribution in [3.8, 4) is 0 Å². The topological polar surface area (TPSA) is 66.7 Å². The van der Waals surface area contributed by atoms with Crippen molar-refractivity contribution in [2.45, 2.75) is 46.0 Å². The molecule has 0 aromatic carbocycles. The lowest BCUT2D eigenvalue weighted by atomic mass is 9.78. The summed E-state index contributed by atoms with van der Waals surface area (Å²) >= 11 is 0. The van der Waals surface area contributed by atoms with E-state index in [1.165, 1.54) is 12.8 Å². The number of carbonyl (C=O) groups excluding carboxylic acids is 2. The SMILES string of the molecule is Cc1noc(C)c1C(=O)N1CC[C@@]2(CCCN(CC3CC3)C2=O)C1. The van der Waals surface area contributed by atoms with Crippen molar-refractivity contribution in [3.05, 3.63) is 17.0 Å². The predicted octanol–water partition coefficient (Wildman–Crippen LogP) is 2.16. The quantitative estimate of drug-likeness (QED) is 0.851. The second-order valence-corrected chi connectivity index (χ2v) is 7.75. The van der Waals surface area contributed by atoms with Crippen LogP contribution >= 0.6 is 0 Å². The number of rotatable bonds is 3. The summed E-state index contributed by atoms with van der Waals surface area (Å²) < 4.78 is 5.13. The van der Waals surface area contributed by atoms with E-state index in [2.05, 4.69) is 10.1 Å². The van der Waals surface area contributed by atoms with Crippen LogP contribution in [0.4, 0.5) is 0 Å². The Bertz CT molecular complexity index is 660. The van der Waals surface area contributed by atoms with Crippen LogP contribution in [0.15, 0.2) is 4.52 Å².